The van der Waals surface area contributed by atoms with Gasteiger partial charge in [0.15, 0.2) is 23.9 Å². The fourth-order valence-electron chi connectivity index (χ4n) is 7.68. The van der Waals surface area contributed by atoms with Crippen LogP contribution in [0.4, 0.5) is 11.4 Å². The summed E-state index contributed by atoms with van der Waals surface area (Å²) in [6.07, 6.45) is 0.0193. The number of aryl methyl sites for hydroxylation is 2. The van der Waals surface area contributed by atoms with Crippen molar-refractivity contribution in [3.05, 3.63) is 104 Å². The van der Waals surface area contributed by atoms with E-state index in [0.29, 0.717) is 16.7 Å². The molecule has 0 aliphatic carbocycles. The van der Waals surface area contributed by atoms with Gasteiger partial charge in [-0.3, -0.25) is 48.5 Å². The highest BCUT2D eigenvalue weighted by molar-refractivity contribution is 7.15. The van der Waals surface area contributed by atoms with E-state index in [2.05, 4.69) is 50.2 Å². The predicted octanol–water partition coefficient (Wildman–Crippen LogP) is 5.33. The van der Waals surface area contributed by atoms with Crippen LogP contribution < -0.4 is 30.2 Å². The van der Waals surface area contributed by atoms with Gasteiger partial charge in [0.2, 0.25) is 23.5 Å². The minimum Gasteiger partial charge on any atom is -0.493 e. The first-order chi connectivity index (χ1) is 31.3. The molecule has 1 fully saturated rings. The van der Waals surface area contributed by atoms with Crippen LogP contribution in [0.5, 0.6) is 17.2 Å². The molecule has 3 aliphatic rings. The number of rotatable bonds is 14. The normalized spacial score (nSPS) is 16.6. The number of ether oxygens (including phenoxy) is 3. The number of piperidine rings is 1. The number of thiophene rings is 1. The lowest BCUT2D eigenvalue weighted by molar-refractivity contribution is -0.136. The number of hydrogen-bond acceptors (Lipinski definition) is 15. The van der Waals surface area contributed by atoms with Gasteiger partial charge in [-0.25, -0.2) is 0 Å². The first kappa shape index (κ1) is 44.3. The van der Waals surface area contributed by atoms with Crippen LogP contribution in [0.3, 0.4) is 0 Å². The third kappa shape index (κ3) is 8.81. The highest BCUT2D eigenvalue weighted by atomic mass is 35.5. The SMILES string of the molecule is COc1cc(N=Nc2ccc3c(c2)C(=O)N(C2CCC(=O)NC2=O)C3=O)cc(OC)c1OCC(=O)NCCNC(=O)C[C@@H]1N=C(c2ccc(Cl)cc2)c2c(sc(C)c2C)-n2c(C)nnc21. The van der Waals surface area contributed by atoms with E-state index in [-0.39, 0.29) is 78.0 Å². The maximum Gasteiger partial charge on any atom is 0.262 e. The Hall–Kier alpha value is -7.32. The molecule has 0 radical (unpaired) electrons. The predicted molar refractivity (Wildman–Crippen MR) is 236 cm³/mol. The summed E-state index contributed by atoms with van der Waals surface area (Å²) >= 11 is 7.84. The van der Waals surface area contributed by atoms with Crippen molar-refractivity contribution in [1.29, 1.82) is 0 Å². The second-order valence-electron chi connectivity index (χ2n) is 15.2. The zero-order chi connectivity index (χ0) is 46.1. The molecule has 3 aromatic carbocycles. The van der Waals surface area contributed by atoms with Crippen LogP contribution in [-0.4, -0.2) is 101 Å². The van der Waals surface area contributed by atoms with Crippen molar-refractivity contribution >= 4 is 75.5 Å². The molecule has 3 aliphatic heterocycles. The van der Waals surface area contributed by atoms with E-state index in [1.54, 1.807) is 11.3 Å². The molecule has 5 heterocycles. The van der Waals surface area contributed by atoms with Gasteiger partial charge < -0.3 is 24.8 Å². The maximum absolute atomic E-state index is 13.4. The van der Waals surface area contributed by atoms with Crippen molar-refractivity contribution in [1.82, 2.24) is 35.6 Å². The monoisotopic (exact) mass is 920 g/mol. The molecule has 0 saturated carbocycles. The largest absolute Gasteiger partial charge is 0.493 e. The molecule has 1 unspecified atom stereocenters. The van der Waals surface area contributed by atoms with Crippen LogP contribution in [-0.2, 0) is 19.2 Å². The molecule has 0 bridgehead atoms. The molecule has 65 heavy (non-hydrogen) atoms. The minimum atomic E-state index is -1.10. The number of imide groups is 2. The quantitative estimate of drug-likeness (QED) is 0.0731. The van der Waals surface area contributed by atoms with Gasteiger partial charge in [-0.2, -0.15) is 10.2 Å². The second kappa shape index (κ2) is 18.4. The third-order valence-electron chi connectivity index (χ3n) is 11.0. The average molecular weight is 921 g/mol. The highest BCUT2D eigenvalue weighted by Gasteiger charge is 2.44. The molecule has 6 amide bonds. The molecule has 2 atom stereocenters. The van der Waals surface area contributed by atoms with Gasteiger partial charge in [-0.1, -0.05) is 23.7 Å². The van der Waals surface area contributed by atoms with Crippen LogP contribution in [0.2, 0.25) is 5.02 Å². The average Bonchev–Trinajstić information content (AvgIpc) is 3.86. The van der Waals surface area contributed by atoms with Crippen molar-refractivity contribution in [2.24, 2.45) is 15.2 Å². The summed E-state index contributed by atoms with van der Waals surface area (Å²) in [6, 6.07) is 13.0. The Balaban J connectivity index is 0.869. The molecule has 334 valence electrons. The summed E-state index contributed by atoms with van der Waals surface area (Å²) < 4.78 is 18.8. The Kier molecular flexibility index (Phi) is 12.6. The number of halogens is 1. The Labute approximate surface area is 380 Å². The number of nitrogens with zero attached hydrogens (tertiary/aromatic N) is 7. The van der Waals surface area contributed by atoms with Crippen molar-refractivity contribution in [2.45, 2.75) is 52.1 Å². The van der Waals surface area contributed by atoms with Crippen LogP contribution in [0.15, 0.2) is 69.8 Å². The van der Waals surface area contributed by atoms with E-state index >= 15 is 0 Å². The number of azo groups is 1. The van der Waals surface area contributed by atoms with E-state index in [1.165, 1.54) is 44.6 Å². The van der Waals surface area contributed by atoms with Crippen molar-refractivity contribution in [2.75, 3.05) is 33.9 Å². The lowest BCUT2D eigenvalue weighted by Gasteiger charge is -2.27. The third-order valence-corrected chi connectivity index (χ3v) is 12.4. The van der Waals surface area contributed by atoms with Gasteiger partial charge in [-0.05, 0) is 63.1 Å². The Morgan fingerprint density at radius 2 is 1.55 bits per heavy atom. The summed E-state index contributed by atoms with van der Waals surface area (Å²) in [5.41, 5.74) is 4.29. The molecular weight excluding hydrogens is 880 g/mol. The van der Waals surface area contributed by atoms with Crippen LogP contribution in [0.25, 0.3) is 5.00 Å². The first-order valence-corrected chi connectivity index (χ1v) is 21.5. The standard InChI is InChI=1S/C44H41ClN10O9S/c1-21-22(2)65-44-37(21)38(24-6-8-25(45)9-7-24)48-30(40-53-50-23(3)54(40)44)19-35(57)46-14-15-47-36(58)20-64-39-32(62-4)17-27(18-33(39)63-5)52-51-26-10-11-28-29(16-26)43(61)55(42(28)60)31-12-13-34(56)49-41(31)59/h6-11,16-18,30-31H,12-15,19-20H2,1-5H3,(H,46,57)(H,47,58)(H,49,56,59)/t30-,31?/m0/s1. The number of methoxy groups -OCH3 is 2. The number of carbonyl (C=O) groups excluding carboxylic acids is 6. The van der Waals surface area contributed by atoms with Gasteiger partial charge in [0, 0.05) is 52.7 Å². The number of hydrogen-bond donors (Lipinski definition) is 3. The zero-order valence-electron chi connectivity index (χ0n) is 35.7. The van der Waals surface area contributed by atoms with E-state index in [0.717, 1.165) is 37.2 Å². The maximum atomic E-state index is 13.4. The lowest BCUT2D eigenvalue weighted by Crippen LogP contribution is -2.54. The summed E-state index contributed by atoms with van der Waals surface area (Å²) in [5.74, 6) is -1.55. The molecule has 5 aromatic rings. The van der Waals surface area contributed by atoms with E-state index in [1.807, 2.05) is 35.8 Å². The number of nitrogens with one attached hydrogen (secondary N) is 3. The van der Waals surface area contributed by atoms with Crippen molar-refractivity contribution in [3.8, 4) is 22.2 Å². The topological polar surface area (TPSA) is 237 Å². The number of aliphatic imine (C=N–C) groups is 1. The Morgan fingerprint density at radius 3 is 2.25 bits per heavy atom. The smallest absolute Gasteiger partial charge is 0.262 e. The van der Waals surface area contributed by atoms with Gasteiger partial charge in [0.25, 0.3) is 17.7 Å². The summed E-state index contributed by atoms with van der Waals surface area (Å²) in [4.78, 5) is 83.7. The molecule has 0 spiro atoms. The van der Waals surface area contributed by atoms with E-state index in [9.17, 15) is 28.8 Å². The molecule has 3 N–H and O–H groups in total. The van der Waals surface area contributed by atoms with Crippen molar-refractivity contribution in [3.63, 3.8) is 0 Å². The van der Waals surface area contributed by atoms with Crippen LogP contribution >= 0.6 is 22.9 Å². The van der Waals surface area contributed by atoms with E-state index in [4.69, 9.17) is 30.8 Å². The van der Waals surface area contributed by atoms with Gasteiger partial charge in [-0.15, -0.1) is 21.5 Å². The van der Waals surface area contributed by atoms with Crippen LogP contribution in [0.1, 0.15) is 79.2 Å². The van der Waals surface area contributed by atoms with Gasteiger partial charge in [0.1, 0.15) is 22.9 Å². The van der Waals surface area contributed by atoms with E-state index < -0.39 is 48.2 Å². The number of carbonyl (C=O) groups is 6. The number of benzene rings is 3. The summed E-state index contributed by atoms with van der Waals surface area (Å²) in [6.45, 7) is 5.80. The summed E-state index contributed by atoms with van der Waals surface area (Å²) in [7, 11) is 2.79. The molecule has 19 nitrogen and oxygen atoms in total. The fourth-order valence-corrected chi connectivity index (χ4v) is 9.02. The first-order valence-electron chi connectivity index (χ1n) is 20.3. The van der Waals surface area contributed by atoms with Gasteiger partial charge >= 0.3 is 0 Å². The molecule has 1 saturated heterocycles. The molecule has 8 rings (SSSR count). The van der Waals surface area contributed by atoms with Crippen LogP contribution in [0, 0.1) is 20.8 Å². The zero-order valence-corrected chi connectivity index (χ0v) is 37.3. The molecular formula is C44H41ClN10O9S. The molecule has 2 aromatic heterocycles. The Bertz CT molecular complexity index is 2830. The fraction of sp³-hybridized carbons (Fsp3) is 0.295. The number of aromatic nitrogens is 3. The molecule has 21 heteroatoms. The van der Waals surface area contributed by atoms with Gasteiger partial charge in [0.05, 0.1) is 48.9 Å². The second-order valence-corrected chi connectivity index (χ2v) is 16.8. The van der Waals surface area contributed by atoms with Crippen molar-refractivity contribution < 1.29 is 43.0 Å². The highest BCUT2D eigenvalue weighted by Crippen LogP contribution is 2.42. The number of amides is 6. The lowest BCUT2D eigenvalue weighted by atomic mass is 9.99. The minimum absolute atomic E-state index is 0.00539. The number of fused-ring (bicyclic) bond motifs is 4. The Morgan fingerprint density at radius 1 is 0.877 bits per heavy atom. The summed E-state index contributed by atoms with van der Waals surface area (Å²) in [5, 5.41) is 26.5.